The van der Waals surface area contributed by atoms with Gasteiger partial charge in [0, 0.05) is 18.3 Å². The molecule has 3 heteroatoms. The standard InChI is InChI=1S/C12H20N2O/c1-14(2)9-5-8-13-11-6-4-7-12(10-11)15-3/h4,6-7,10,13H,5,8-9H2,1-3H3. The summed E-state index contributed by atoms with van der Waals surface area (Å²) < 4.78 is 5.15. The molecule has 0 amide bonds. The van der Waals surface area contributed by atoms with Crippen LogP contribution in [-0.4, -0.2) is 39.2 Å². The quantitative estimate of drug-likeness (QED) is 0.724. The van der Waals surface area contributed by atoms with E-state index in [9.17, 15) is 0 Å². The van der Waals surface area contributed by atoms with Crippen LogP contribution >= 0.6 is 0 Å². The monoisotopic (exact) mass is 208 g/mol. The lowest BCUT2D eigenvalue weighted by Crippen LogP contribution is -2.16. The molecule has 1 N–H and O–H groups in total. The minimum Gasteiger partial charge on any atom is -0.497 e. The molecular weight excluding hydrogens is 188 g/mol. The molecule has 0 atom stereocenters. The second-order valence-electron chi connectivity index (χ2n) is 3.82. The summed E-state index contributed by atoms with van der Waals surface area (Å²) >= 11 is 0. The number of benzene rings is 1. The molecule has 0 aliphatic heterocycles. The van der Waals surface area contributed by atoms with Gasteiger partial charge in [0.05, 0.1) is 7.11 Å². The first kappa shape index (κ1) is 11.9. The lowest BCUT2D eigenvalue weighted by molar-refractivity contribution is 0.405. The van der Waals surface area contributed by atoms with E-state index < -0.39 is 0 Å². The lowest BCUT2D eigenvalue weighted by atomic mass is 10.3. The summed E-state index contributed by atoms with van der Waals surface area (Å²) in [5.41, 5.74) is 1.12. The zero-order valence-corrected chi connectivity index (χ0v) is 9.79. The number of ether oxygens (including phenoxy) is 1. The molecule has 15 heavy (non-hydrogen) atoms. The topological polar surface area (TPSA) is 24.5 Å². The molecule has 0 aliphatic carbocycles. The van der Waals surface area contributed by atoms with Gasteiger partial charge in [0.15, 0.2) is 0 Å². The maximum Gasteiger partial charge on any atom is 0.120 e. The summed E-state index contributed by atoms with van der Waals surface area (Å²) in [5.74, 6) is 0.896. The molecule has 0 unspecified atom stereocenters. The van der Waals surface area contributed by atoms with E-state index in [1.54, 1.807) is 7.11 Å². The summed E-state index contributed by atoms with van der Waals surface area (Å²) in [4.78, 5) is 2.19. The van der Waals surface area contributed by atoms with Gasteiger partial charge in [-0.05, 0) is 39.2 Å². The fourth-order valence-electron chi connectivity index (χ4n) is 1.36. The van der Waals surface area contributed by atoms with Gasteiger partial charge in [-0.2, -0.15) is 0 Å². The van der Waals surface area contributed by atoms with Crippen LogP contribution in [0.25, 0.3) is 0 Å². The van der Waals surface area contributed by atoms with Gasteiger partial charge in [0.1, 0.15) is 5.75 Å². The van der Waals surface area contributed by atoms with E-state index in [-0.39, 0.29) is 0 Å². The van der Waals surface area contributed by atoms with Crippen LogP contribution in [0.1, 0.15) is 6.42 Å². The second kappa shape index (κ2) is 6.30. The molecule has 3 nitrogen and oxygen atoms in total. The summed E-state index contributed by atoms with van der Waals surface area (Å²) in [6, 6.07) is 8.01. The Balaban J connectivity index is 2.30. The third-order valence-corrected chi connectivity index (χ3v) is 2.18. The molecule has 0 saturated carbocycles. The van der Waals surface area contributed by atoms with E-state index in [1.807, 2.05) is 18.2 Å². The highest BCUT2D eigenvalue weighted by Gasteiger charge is 1.95. The van der Waals surface area contributed by atoms with Crippen LogP contribution in [-0.2, 0) is 0 Å². The average Bonchev–Trinajstić information content (AvgIpc) is 2.24. The van der Waals surface area contributed by atoms with E-state index in [2.05, 4.69) is 30.4 Å². The van der Waals surface area contributed by atoms with Gasteiger partial charge in [-0.3, -0.25) is 0 Å². The Kier molecular flexibility index (Phi) is 4.98. The maximum absolute atomic E-state index is 5.15. The molecule has 0 bridgehead atoms. The number of nitrogens with zero attached hydrogens (tertiary/aromatic N) is 1. The van der Waals surface area contributed by atoms with Crippen molar-refractivity contribution in [3.05, 3.63) is 24.3 Å². The summed E-state index contributed by atoms with van der Waals surface area (Å²) in [6.45, 7) is 2.10. The fourth-order valence-corrected chi connectivity index (χ4v) is 1.36. The molecule has 1 aromatic rings. The summed E-state index contributed by atoms with van der Waals surface area (Å²) in [6.07, 6.45) is 1.14. The van der Waals surface area contributed by atoms with Gasteiger partial charge >= 0.3 is 0 Å². The molecule has 0 spiro atoms. The molecule has 0 saturated heterocycles. The second-order valence-corrected chi connectivity index (χ2v) is 3.82. The number of hydrogen-bond donors (Lipinski definition) is 1. The number of anilines is 1. The van der Waals surface area contributed by atoms with E-state index in [4.69, 9.17) is 4.74 Å². The van der Waals surface area contributed by atoms with Crippen molar-refractivity contribution >= 4 is 5.69 Å². The van der Waals surface area contributed by atoms with Crippen molar-refractivity contribution in [3.63, 3.8) is 0 Å². The number of nitrogens with one attached hydrogen (secondary N) is 1. The molecule has 1 rings (SSSR count). The van der Waals surface area contributed by atoms with Crippen LogP contribution in [0.2, 0.25) is 0 Å². The van der Waals surface area contributed by atoms with Gasteiger partial charge in [0.2, 0.25) is 0 Å². The molecule has 0 fully saturated rings. The van der Waals surface area contributed by atoms with Crippen LogP contribution < -0.4 is 10.1 Å². The minimum atomic E-state index is 0.896. The summed E-state index contributed by atoms with van der Waals surface area (Å²) in [5, 5.41) is 3.37. The fraction of sp³-hybridized carbons (Fsp3) is 0.500. The van der Waals surface area contributed by atoms with Crippen LogP contribution in [0.5, 0.6) is 5.75 Å². The lowest BCUT2D eigenvalue weighted by Gasteiger charge is -2.11. The highest BCUT2D eigenvalue weighted by atomic mass is 16.5. The van der Waals surface area contributed by atoms with Gasteiger partial charge in [-0.15, -0.1) is 0 Å². The SMILES string of the molecule is COc1cccc(NCCCN(C)C)c1. The van der Waals surface area contributed by atoms with Crippen molar-refractivity contribution < 1.29 is 4.74 Å². The Labute approximate surface area is 92.0 Å². The number of methoxy groups -OCH3 is 1. The van der Waals surface area contributed by atoms with Gasteiger partial charge in [-0.1, -0.05) is 6.07 Å². The first-order valence-electron chi connectivity index (χ1n) is 5.25. The largest absolute Gasteiger partial charge is 0.497 e. The average molecular weight is 208 g/mol. The van der Waals surface area contributed by atoms with Crippen molar-refractivity contribution in [3.8, 4) is 5.75 Å². The minimum absolute atomic E-state index is 0.896. The third-order valence-electron chi connectivity index (χ3n) is 2.18. The Bertz CT molecular complexity index is 287. The van der Waals surface area contributed by atoms with Gasteiger partial charge in [0.25, 0.3) is 0 Å². The van der Waals surface area contributed by atoms with Crippen molar-refractivity contribution in [2.45, 2.75) is 6.42 Å². The van der Waals surface area contributed by atoms with Crippen LogP contribution in [0.15, 0.2) is 24.3 Å². The molecule has 1 aromatic carbocycles. The Morgan fingerprint density at radius 3 is 2.80 bits per heavy atom. The van der Waals surface area contributed by atoms with Crippen molar-refractivity contribution in [2.24, 2.45) is 0 Å². The first-order valence-corrected chi connectivity index (χ1v) is 5.25. The molecule has 0 radical (unpaired) electrons. The number of rotatable bonds is 6. The van der Waals surface area contributed by atoms with Gasteiger partial charge in [-0.25, -0.2) is 0 Å². The smallest absolute Gasteiger partial charge is 0.120 e. The van der Waals surface area contributed by atoms with E-state index in [0.29, 0.717) is 0 Å². The highest BCUT2D eigenvalue weighted by Crippen LogP contribution is 2.16. The normalized spacial score (nSPS) is 10.4. The first-order chi connectivity index (χ1) is 7.22. The molecule has 84 valence electrons. The predicted molar refractivity (Wildman–Crippen MR) is 64.7 cm³/mol. The molecule has 0 heterocycles. The van der Waals surface area contributed by atoms with Crippen LogP contribution in [0.4, 0.5) is 5.69 Å². The number of hydrogen-bond acceptors (Lipinski definition) is 3. The molecule has 0 aliphatic rings. The van der Waals surface area contributed by atoms with Crippen molar-refractivity contribution in [2.75, 3.05) is 39.6 Å². The predicted octanol–water partition coefficient (Wildman–Crippen LogP) is 2.06. The summed E-state index contributed by atoms with van der Waals surface area (Å²) in [7, 11) is 5.86. The zero-order valence-electron chi connectivity index (χ0n) is 9.79. The molecular formula is C12H20N2O. The highest BCUT2D eigenvalue weighted by molar-refractivity contribution is 5.47. The Morgan fingerprint density at radius 1 is 1.33 bits per heavy atom. The van der Waals surface area contributed by atoms with E-state index in [0.717, 1.165) is 30.9 Å². The Hall–Kier alpha value is -1.22. The maximum atomic E-state index is 5.15. The Morgan fingerprint density at radius 2 is 2.13 bits per heavy atom. The van der Waals surface area contributed by atoms with E-state index in [1.165, 1.54) is 0 Å². The van der Waals surface area contributed by atoms with E-state index >= 15 is 0 Å². The van der Waals surface area contributed by atoms with Crippen LogP contribution in [0.3, 0.4) is 0 Å². The van der Waals surface area contributed by atoms with Crippen LogP contribution in [0, 0.1) is 0 Å². The zero-order chi connectivity index (χ0) is 11.1. The molecule has 0 aromatic heterocycles. The van der Waals surface area contributed by atoms with Crippen molar-refractivity contribution in [1.29, 1.82) is 0 Å². The van der Waals surface area contributed by atoms with Gasteiger partial charge < -0.3 is 15.0 Å². The van der Waals surface area contributed by atoms with Crippen molar-refractivity contribution in [1.82, 2.24) is 4.90 Å². The third kappa shape index (κ3) is 4.70.